The molecule has 1 aromatic heterocycles. The topological polar surface area (TPSA) is 79.5 Å². The second kappa shape index (κ2) is 6.21. The molecule has 1 heterocycles. The minimum Gasteiger partial charge on any atom is -0.411 e. The Hall–Kier alpha value is -2.63. The Morgan fingerprint density at radius 2 is 2.19 bits per heavy atom. The molecule has 0 saturated heterocycles. The number of carbonyl (C=O) groups excluding carboxylic acids is 1. The predicted molar refractivity (Wildman–Crippen MR) is 81.0 cm³/mol. The maximum atomic E-state index is 12.3. The van der Waals surface area contributed by atoms with Crippen LogP contribution in [-0.2, 0) is 6.54 Å². The highest BCUT2D eigenvalue weighted by Gasteiger charge is 2.13. The molecule has 0 aliphatic rings. The van der Waals surface area contributed by atoms with Gasteiger partial charge in [0.2, 0.25) is 0 Å². The number of hydrogen-bond donors (Lipinski definition) is 2. The molecule has 2 aromatic rings. The largest absolute Gasteiger partial charge is 0.411 e. The van der Waals surface area contributed by atoms with Crippen molar-refractivity contribution in [2.75, 3.05) is 5.32 Å². The van der Waals surface area contributed by atoms with Gasteiger partial charge in [0.1, 0.15) is 5.69 Å². The van der Waals surface area contributed by atoms with Crippen molar-refractivity contribution < 1.29 is 10.0 Å². The van der Waals surface area contributed by atoms with Gasteiger partial charge in [0.15, 0.2) is 0 Å². The first-order valence-corrected chi connectivity index (χ1v) is 6.70. The Bertz CT molecular complexity index is 689. The van der Waals surface area contributed by atoms with E-state index in [4.69, 9.17) is 5.21 Å². The van der Waals surface area contributed by atoms with E-state index < -0.39 is 0 Å². The van der Waals surface area contributed by atoms with Gasteiger partial charge in [-0.25, -0.2) is 0 Å². The first kappa shape index (κ1) is 14.8. The van der Waals surface area contributed by atoms with Gasteiger partial charge in [-0.15, -0.1) is 0 Å². The fourth-order valence-corrected chi connectivity index (χ4v) is 2.04. The molecule has 21 heavy (non-hydrogen) atoms. The molecular formula is C15H18N4O2. The third-order valence-corrected chi connectivity index (χ3v) is 3.12. The van der Waals surface area contributed by atoms with Gasteiger partial charge in [-0.1, -0.05) is 17.3 Å². The highest BCUT2D eigenvalue weighted by molar-refractivity contribution is 6.04. The van der Waals surface area contributed by atoms with Crippen LogP contribution in [0.25, 0.3) is 0 Å². The Balaban J connectivity index is 2.23. The Morgan fingerprint density at radius 1 is 1.43 bits per heavy atom. The molecule has 0 saturated carbocycles. The van der Waals surface area contributed by atoms with E-state index in [2.05, 4.69) is 15.6 Å². The van der Waals surface area contributed by atoms with Crippen molar-refractivity contribution in [1.82, 2.24) is 9.78 Å². The molecule has 0 bridgehead atoms. The van der Waals surface area contributed by atoms with Crippen molar-refractivity contribution in [2.24, 2.45) is 5.16 Å². The minimum absolute atomic E-state index is 0.215. The summed E-state index contributed by atoms with van der Waals surface area (Å²) in [5.41, 5.74) is 3.20. The lowest BCUT2D eigenvalue weighted by molar-refractivity contribution is 0.101. The van der Waals surface area contributed by atoms with Crippen LogP contribution in [0.3, 0.4) is 0 Å². The van der Waals surface area contributed by atoms with Crippen LogP contribution in [-0.4, -0.2) is 26.6 Å². The van der Waals surface area contributed by atoms with Crippen LogP contribution in [0.1, 0.15) is 35.6 Å². The summed E-state index contributed by atoms with van der Waals surface area (Å²) in [5.74, 6) is -0.215. The van der Waals surface area contributed by atoms with Crippen LogP contribution < -0.4 is 5.32 Å². The van der Waals surface area contributed by atoms with Crippen molar-refractivity contribution in [3.05, 3.63) is 47.3 Å². The highest BCUT2D eigenvalue weighted by atomic mass is 16.4. The molecule has 0 radical (unpaired) electrons. The number of aromatic nitrogens is 2. The standard InChI is InChI=1S/C15H18N4O2/c1-4-19-14(8-10(2)17-19)15(20)16-13-7-5-6-12(9-13)11(3)18-21/h5-9,21H,4H2,1-3H3,(H,16,20). The number of nitrogens with zero attached hydrogens (tertiary/aromatic N) is 3. The normalized spacial score (nSPS) is 11.5. The molecule has 0 fully saturated rings. The van der Waals surface area contributed by atoms with E-state index in [0.717, 1.165) is 11.3 Å². The van der Waals surface area contributed by atoms with E-state index in [-0.39, 0.29) is 5.91 Å². The molecule has 110 valence electrons. The van der Waals surface area contributed by atoms with Gasteiger partial charge in [0.05, 0.1) is 11.4 Å². The Kier molecular flexibility index (Phi) is 4.37. The van der Waals surface area contributed by atoms with Crippen molar-refractivity contribution >= 4 is 17.3 Å². The van der Waals surface area contributed by atoms with Crippen molar-refractivity contribution in [2.45, 2.75) is 27.3 Å². The summed E-state index contributed by atoms with van der Waals surface area (Å²) >= 11 is 0. The summed E-state index contributed by atoms with van der Waals surface area (Å²) < 4.78 is 1.66. The molecule has 0 spiro atoms. The van der Waals surface area contributed by atoms with Crippen LogP contribution in [0, 0.1) is 6.92 Å². The van der Waals surface area contributed by atoms with E-state index in [0.29, 0.717) is 23.6 Å². The third-order valence-electron chi connectivity index (χ3n) is 3.12. The fraction of sp³-hybridized carbons (Fsp3) is 0.267. The molecule has 1 amide bonds. The Labute approximate surface area is 123 Å². The number of nitrogens with one attached hydrogen (secondary N) is 1. The van der Waals surface area contributed by atoms with Gasteiger partial charge in [-0.3, -0.25) is 9.48 Å². The number of carbonyl (C=O) groups is 1. The van der Waals surface area contributed by atoms with E-state index in [1.807, 2.05) is 19.9 Å². The zero-order chi connectivity index (χ0) is 15.4. The average molecular weight is 286 g/mol. The monoisotopic (exact) mass is 286 g/mol. The molecule has 0 aliphatic heterocycles. The second-order valence-corrected chi connectivity index (χ2v) is 4.71. The van der Waals surface area contributed by atoms with Crippen LogP contribution in [0.4, 0.5) is 5.69 Å². The highest BCUT2D eigenvalue weighted by Crippen LogP contribution is 2.14. The van der Waals surface area contributed by atoms with Crippen molar-refractivity contribution in [3.63, 3.8) is 0 Å². The van der Waals surface area contributed by atoms with E-state index >= 15 is 0 Å². The lowest BCUT2D eigenvalue weighted by Crippen LogP contribution is -2.17. The summed E-state index contributed by atoms with van der Waals surface area (Å²) in [5, 5.41) is 19.0. The number of hydrogen-bond acceptors (Lipinski definition) is 4. The first-order chi connectivity index (χ1) is 10.0. The zero-order valence-electron chi connectivity index (χ0n) is 12.3. The summed E-state index contributed by atoms with van der Waals surface area (Å²) in [4.78, 5) is 12.3. The number of aryl methyl sites for hydroxylation is 2. The maximum absolute atomic E-state index is 12.3. The van der Waals surface area contributed by atoms with Crippen LogP contribution in [0.2, 0.25) is 0 Å². The summed E-state index contributed by atoms with van der Waals surface area (Å²) in [6.45, 7) is 6.11. The van der Waals surface area contributed by atoms with Crippen molar-refractivity contribution in [1.29, 1.82) is 0 Å². The molecule has 2 rings (SSSR count). The maximum Gasteiger partial charge on any atom is 0.273 e. The smallest absolute Gasteiger partial charge is 0.273 e. The van der Waals surface area contributed by atoms with E-state index in [1.165, 1.54) is 0 Å². The summed E-state index contributed by atoms with van der Waals surface area (Å²) in [7, 11) is 0. The minimum atomic E-state index is -0.215. The molecule has 0 unspecified atom stereocenters. The molecule has 0 atom stereocenters. The van der Waals surface area contributed by atoms with Gasteiger partial charge >= 0.3 is 0 Å². The molecular weight excluding hydrogens is 268 g/mol. The van der Waals surface area contributed by atoms with Crippen molar-refractivity contribution in [3.8, 4) is 0 Å². The number of oxime groups is 1. The number of anilines is 1. The fourth-order valence-electron chi connectivity index (χ4n) is 2.04. The van der Waals surface area contributed by atoms with Gasteiger partial charge in [0, 0.05) is 17.8 Å². The summed E-state index contributed by atoms with van der Waals surface area (Å²) in [6, 6.07) is 8.90. The number of benzene rings is 1. The van der Waals surface area contributed by atoms with Crippen LogP contribution in [0.15, 0.2) is 35.5 Å². The quantitative estimate of drug-likeness (QED) is 0.515. The second-order valence-electron chi connectivity index (χ2n) is 4.71. The van der Waals surface area contributed by atoms with Gasteiger partial charge < -0.3 is 10.5 Å². The Morgan fingerprint density at radius 3 is 2.86 bits per heavy atom. The lowest BCUT2D eigenvalue weighted by atomic mass is 10.1. The van der Waals surface area contributed by atoms with Gasteiger partial charge in [-0.2, -0.15) is 5.10 Å². The van der Waals surface area contributed by atoms with Gasteiger partial charge in [-0.05, 0) is 39.0 Å². The summed E-state index contributed by atoms with van der Waals surface area (Å²) in [6.07, 6.45) is 0. The number of amides is 1. The average Bonchev–Trinajstić information content (AvgIpc) is 2.88. The molecule has 6 nitrogen and oxygen atoms in total. The molecule has 6 heteroatoms. The molecule has 1 aromatic carbocycles. The first-order valence-electron chi connectivity index (χ1n) is 6.70. The van der Waals surface area contributed by atoms with E-state index in [9.17, 15) is 4.79 Å². The molecule has 2 N–H and O–H groups in total. The number of rotatable bonds is 4. The van der Waals surface area contributed by atoms with Gasteiger partial charge in [0.25, 0.3) is 5.91 Å². The third kappa shape index (κ3) is 3.28. The predicted octanol–water partition coefficient (Wildman–Crippen LogP) is 2.66. The zero-order valence-corrected chi connectivity index (χ0v) is 12.3. The van der Waals surface area contributed by atoms with Crippen LogP contribution >= 0.6 is 0 Å². The van der Waals surface area contributed by atoms with E-state index in [1.54, 1.807) is 35.9 Å². The van der Waals surface area contributed by atoms with Crippen LogP contribution in [0.5, 0.6) is 0 Å². The SMILES string of the molecule is CCn1nc(C)cc1C(=O)Nc1cccc(C(C)=NO)c1. The molecule has 0 aliphatic carbocycles. The lowest BCUT2D eigenvalue weighted by Gasteiger charge is -2.08.